The first-order valence-corrected chi connectivity index (χ1v) is 5.84. The number of piperidine rings is 1. The second-order valence-electron chi connectivity index (χ2n) is 4.50. The van der Waals surface area contributed by atoms with E-state index in [2.05, 4.69) is 19.9 Å². The highest BCUT2D eigenvalue weighted by Crippen LogP contribution is 2.18. The molecule has 3 heteroatoms. The zero-order valence-corrected chi connectivity index (χ0v) is 9.70. The van der Waals surface area contributed by atoms with Crippen molar-refractivity contribution < 1.29 is 4.79 Å². The lowest BCUT2D eigenvalue weighted by Gasteiger charge is -2.29. The predicted octanol–water partition coefficient (Wildman–Crippen LogP) is 2.18. The molecule has 0 bridgehead atoms. The number of rotatable bonds is 3. The van der Waals surface area contributed by atoms with E-state index in [1.54, 1.807) is 0 Å². The third kappa shape index (κ3) is 3.54. The van der Waals surface area contributed by atoms with Gasteiger partial charge in [-0.1, -0.05) is 20.3 Å². The lowest BCUT2D eigenvalue weighted by atomic mass is 9.97. The molecule has 1 rings (SSSR count). The Morgan fingerprint density at radius 2 is 2.13 bits per heavy atom. The van der Waals surface area contributed by atoms with E-state index >= 15 is 0 Å². The molecule has 15 heavy (non-hydrogen) atoms. The Kier molecular flexibility index (Phi) is 4.61. The van der Waals surface area contributed by atoms with Crippen LogP contribution in [0.15, 0.2) is 0 Å². The quantitative estimate of drug-likeness (QED) is 0.713. The van der Waals surface area contributed by atoms with Gasteiger partial charge in [0.2, 0.25) is 5.91 Å². The number of likely N-dealkylation sites (tertiary alicyclic amines) is 1. The Bertz CT molecular complexity index is 249. The van der Waals surface area contributed by atoms with E-state index in [0.717, 1.165) is 32.4 Å². The van der Waals surface area contributed by atoms with Gasteiger partial charge in [0.15, 0.2) is 0 Å². The first-order chi connectivity index (χ1) is 7.17. The Morgan fingerprint density at radius 1 is 1.53 bits per heavy atom. The van der Waals surface area contributed by atoms with Gasteiger partial charge in [0.1, 0.15) is 0 Å². The largest absolute Gasteiger partial charge is 0.343 e. The maximum Gasteiger partial charge on any atom is 0.222 e. The molecule has 0 spiro atoms. The van der Waals surface area contributed by atoms with Gasteiger partial charge in [0, 0.05) is 25.4 Å². The van der Waals surface area contributed by atoms with Gasteiger partial charge in [0.25, 0.3) is 0 Å². The summed E-state index contributed by atoms with van der Waals surface area (Å²) in [6.07, 6.45) is 3.42. The van der Waals surface area contributed by atoms with E-state index in [9.17, 15) is 4.79 Å². The monoisotopic (exact) mass is 208 g/mol. The van der Waals surface area contributed by atoms with Crippen LogP contribution in [-0.4, -0.2) is 23.9 Å². The molecule has 1 amide bonds. The average molecular weight is 208 g/mol. The van der Waals surface area contributed by atoms with Crippen LogP contribution in [0, 0.1) is 23.2 Å². The average Bonchev–Trinajstić information content (AvgIpc) is 2.29. The van der Waals surface area contributed by atoms with Crippen LogP contribution in [0.4, 0.5) is 0 Å². The molecule has 0 N–H and O–H groups in total. The van der Waals surface area contributed by atoms with Crippen LogP contribution in [0.25, 0.3) is 0 Å². The minimum absolute atomic E-state index is 0.164. The summed E-state index contributed by atoms with van der Waals surface area (Å²) >= 11 is 0. The van der Waals surface area contributed by atoms with Gasteiger partial charge in [-0.15, -0.1) is 0 Å². The Labute approximate surface area is 92.1 Å². The molecule has 1 aliphatic heterocycles. The molecule has 0 aromatic heterocycles. The number of nitriles is 1. The van der Waals surface area contributed by atoms with E-state index in [1.807, 2.05) is 4.90 Å². The second kappa shape index (κ2) is 5.75. The first-order valence-electron chi connectivity index (χ1n) is 5.84. The summed E-state index contributed by atoms with van der Waals surface area (Å²) in [5.74, 6) is 0.907. The van der Waals surface area contributed by atoms with Crippen LogP contribution < -0.4 is 0 Å². The fourth-order valence-electron chi connectivity index (χ4n) is 1.83. The van der Waals surface area contributed by atoms with Gasteiger partial charge >= 0.3 is 0 Å². The van der Waals surface area contributed by atoms with Crippen molar-refractivity contribution in [1.82, 2.24) is 4.90 Å². The highest BCUT2D eigenvalue weighted by Gasteiger charge is 2.22. The second-order valence-corrected chi connectivity index (χ2v) is 4.50. The first kappa shape index (κ1) is 12.0. The summed E-state index contributed by atoms with van der Waals surface area (Å²) in [4.78, 5) is 13.7. The normalized spacial score (nSPS) is 19.7. The maximum absolute atomic E-state index is 11.8. The fourth-order valence-corrected chi connectivity index (χ4v) is 1.83. The summed E-state index contributed by atoms with van der Waals surface area (Å²) < 4.78 is 0. The van der Waals surface area contributed by atoms with Crippen molar-refractivity contribution in [2.75, 3.05) is 13.1 Å². The van der Waals surface area contributed by atoms with Gasteiger partial charge in [0.05, 0.1) is 6.07 Å². The predicted molar refractivity (Wildman–Crippen MR) is 59.0 cm³/mol. The molecule has 0 saturated carbocycles. The molecular formula is C12H20N2O. The molecule has 1 fully saturated rings. The van der Waals surface area contributed by atoms with Crippen molar-refractivity contribution in [3.05, 3.63) is 0 Å². The SMILES string of the molecule is CC[C@H](C)CC(=O)N1CCC(C#N)CC1. The smallest absolute Gasteiger partial charge is 0.222 e. The standard InChI is InChI=1S/C12H20N2O/c1-3-10(2)8-12(15)14-6-4-11(9-13)5-7-14/h10-11H,3-8H2,1-2H3/t10-/m0/s1. The number of hydrogen-bond donors (Lipinski definition) is 0. The highest BCUT2D eigenvalue weighted by atomic mass is 16.2. The summed E-state index contributed by atoms with van der Waals surface area (Å²) in [6.45, 7) is 5.76. The van der Waals surface area contributed by atoms with E-state index in [1.165, 1.54) is 0 Å². The molecule has 1 heterocycles. The molecule has 0 radical (unpaired) electrons. The minimum Gasteiger partial charge on any atom is -0.343 e. The lowest BCUT2D eigenvalue weighted by Crippen LogP contribution is -2.38. The van der Waals surface area contributed by atoms with Gasteiger partial charge in [-0.05, 0) is 18.8 Å². The van der Waals surface area contributed by atoms with Crippen LogP contribution in [0.5, 0.6) is 0 Å². The topological polar surface area (TPSA) is 44.1 Å². The van der Waals surface area contributed by atoms with Gasteiger partial charge in [-0.3, -0.25) is 4.79 Å². The van der Waals surface area contributed by atoms with Crippen molar-refractivity contribution in [2.45, 2.75) is 39.5 Å². The highest BCUT2D eigenvalue weighted by molar-refractivity contribution is 5.76. The maximum atomic E-state index is 11.8. The number of carbonyl (C=O) groups is 1. The summed E-state index contributed by atoms with van der Waals surface area (Å²) in [5.41, 5.74) is 0. The zero-order chi connectivity index (χ0) is 11.3. The van der Waals surface area contributed by atoms with Crippen molar-refractivity contribution >= 4 is 5.91 Å². The molecule has 84 valence electrons. The molecule has 3 nitrogen and oxygen atoms in total. The van der Waals surface area contributed by atoms with Crippen LogP contribution in [-0.2, 0) is 4.79 Å². The molecule has 0 aromatic carbocycles. The third-order valence-electron chi connectivity index (χ3n) is 3.25. The summed E-state index contributed by atoms with van der Waals surface area (Å²) in [7, 11) is 0. The van der Waals surface area contributed by atoms with Crippen molar-refractivity contribution in [2.24, 2.45) is 11.8 Å². The molecule has 1 saturated heterocycles. The Hall–Kier alpha value is -1.04. The van der Waals surface area contributed by atoms with Crippen molar-refractivity contribution in [3.63, 3.8) is 0 Å². The number of nitrogens with zero attached hydrogens (tertiary/aromatic N) is 2. The Balaban J connectivity index is 2.34. The van der Waals surface area contributed by atoms with Crippen molar-refractivity contribution in [1.29, 1.82) is 5.26 Å². The Morgan fingerprint density at radius 3 is 2.60 bits per heavy atom. The van der Waals surface area contributed by atoms with Crippen LogP contribution in [0.3, 0.4) is 0 Å². The number of hydrogen-bond acceptors (Lipinski definition) is 2. The summed E-state index contributed by atoms with van der Waals surface area (Å²) in [5, 5.41) is 8.75. The molecular weight excluding hydrogens is 188 g/mol. The zero-order valence-electron chi connectivity index (χ0n) is 9.70. The van der Waals surface area contributed by atoms with Crippen LogP contribution >= 0.6 is 0 Å². The van der Waals surface area contributed by atoms with E-state index in [0.29, 0.717) is 12.3 Å². The summed E-state index contributed by atoms with van der Waals surface area (Å²) in [6, 6.07) is 2.28. The van der Waals surface area contributed by atoms with Gasteiger partial charge < -0.3 is 4.90 Å². The van der Waals surface area contributed by atoms with E-state index in [-0.39, 0.29) is 11.8 Å². The van der Waals surface area contributed by atoms with Crippen LogP contribution in [0.1, 0.15) is 39.5 Å². The molecule has 1 atom stereocenters. The van der Waals surface area contributed by atoms with Gasteiger partial charge in [-0.2, -0.15) is 5.26 Å². The molecule has 1 aliphatic rings. The molecule has 0 aliphatic carbocycles. The fraction of sp³-hybridized carbons (Fsp3) is 0.833. The van der Waals surface area contributed by atoms with Crippen LogP contribution in [0.2, 0.25) is 0 Å². The van der Waals surface area contributed by atoms with Gasteiger partial charge in [-0.25, -0.2) is 0 Å². The number of amides is 1. The minimum atomic E-state index is 0.164. The number of carbonyl (C=O) groups excluding carboxylic acids is 1. The molecule has 0 aromatic rings. The third-order valence-corrected chi connectivity index (χ3v) is 3.25. The lowest BCUT2D eigenvalue weighted by molar-refractivity contribution is -0.133. The van der Waals surface area contributed by atoms with E-state index in [4.69, 9.17) is 5.26 Å². The van der Waals surface area contributed by atoms with E-state index < -0.39 is 0 Å². The van der Waals surface area contributed by atoms with Crippen molar-refractivity contribution in [3.8, 4) is 6.07 Å². The molecule has 0 unspecified atom stereocenters.